The van der Waals surface area contributed by atoms with Gasteiger partial charge < -0.3 is 10.4 Å². The van der Waals surface area contributed by atoms with E-state index in [1.165, 1.54) is 18.2 Å². The number of carboxylic acids is 1. The molecular weight excluding hydrogens is 416 g/mol. The number of aromatic carboxylic acids is 1. The zero-order valence-corrected chi connectivity index (χ0v) is 16.4. The van der Waals surface area contributed by atoms with Crippen LogP contribution >= 0.6 is 0 Å². The number of anilines is 1. The molecule has 0 saturated carbocycles. The lowest BCUT2D eigenvalue weighted by Gasteiger charge is -2.11. The van der Waals surface area contributed by atoms with E-state index in [9.17, 15) is 24.8 Å². The Hall–Kier alpha value is -4.73. The molecule has 1 aromatic heterocycles. The molecule has 0 fully saturated rings. The number of nitrogens with one attached hydrogen (secondary N) is 2. The maximum Gasteiger partial charge on any atom is 0.439 e. The first-order valence-electron chi connectivity index (χ1n) is 9.43. The molecule has 0 unspecified atom stereocenters. The highest BCUT2D eigenvalue weighted by Gasteiger charge is 2.21. The van der Waals surface area contributed by atoms with Gasteiger partial charge >= 0.3 is 11.7 Å². The second-order valence-corrected chi connectivity index (χ2v) is 6.80. The molecule has 0 atom stereocenters. The van der Waals surface area contributed by atoms with Crippen molar-refractivity contribution in [2.75, 3.05) is 5.32 Å². The van der Waals surface area contributed by atoms with E-state index in [4.69, 9.17) is 0 Å². The Labute approximate surface area is 180 Å². The molecule has 3 aromatic carbocycles. The number of carbonyl (C=O) groups is 1. The molecule has 4 aromatic rings. The topological polar surface area (TPSA) is 151 Å². The van der Waals surface area contributed by atoms with Crippen LogP contribution in [0.25, 0.3) is 22.5 Å². The number of nitro groups is 1. The minimum absolute atomic E-state index is 0.0468. The highest BCUT2D eigenvalue weighted by atomic mass is 16.6. The Morgan fingerprint density at radius 3 is 2.41 bits per heavy atom. The number of nitro benzene ring substituents is 1. The Kier molecular flexibility index (Phi) is 5.49. The fraction of sp³-hybridized carbons (Fsp3) is 0.0455. The molecule has 0 radical (unpaired) electrons. The average molecular weight is 432 g/mol. The van der Waals surface area contributed by atoms with Gasteiger partial charge in [-0.25, -0.2) is 9.59 Å². The summed E-state index contributed by atoms with van der Waals surface area (Å²) >= 11 is 0. The van der Waals surface area contributed by atoms with Crippen molar-refractivity contribution < 1.29 is 19.3 Å². The number of carboxylic acid groups (broad SMARTS) is 1. The zero-order valence-electron chi connectivity index (χ0n) is 16.4. The summed E-state index contributed by atoms with van der Waals surface area (Å²) in [5.41, 5.74) is 2.62. The Bertz CT molecular complexity index is 1330. The van der Waals surface area contributed by atoms with Gasteiger partial charge in [-0.05, 0) is 22.8 Å². The first-order valence-corrected chi connectivity index (χ1v) is 9.43. The molecule has 0 aliphatic carbocycles. The molecule has 0 aliphatic rings. The molecule has 32 heavy (non-hydrogen) atoms. The summed E-state index contributed by atoms with van der Waals surface area (Å²) in [5.74, 6) is -1.59. The van der Waals surface area contributed by atoms with Crippen LogP contribution in [0.15, 0.2) is 76.0 Å². The van der Waals surface area contributed by atoms with Gasteiger partial charge in [0.05, 0.1) is 10.5 Å². The summed E-state index contributed by atoms with van der Waals surface area (Å²) in [6.07, 6.45) is 0. The van der Waals surface area contributed by atoms with Crippen LogP contribution in [0.2, 0.25) is 0 Å². The van der Waals surface area contributed by atoms with Crippen LogP contribution in [0, 0.1) is 10.1 Å². The first-order chi connectivity index (χ1) is 15.4. The molecule has 0 saturated heterocycles. The third-order valence-electron chi connectivity index (χ3n) is 4.83. The second kappa shape index (κ2) is 8.56. The quantitative estimate of drug-likeness (QED) is 0.294. The van der Waals surface area contributed by atoms with Gasteiger partial charge in [-0.3, -0.25) is 19.6 Å². The molecule has 0 amide bonds. The lowest BCUT2D eigenvalue weighted by molar-refractivity contribution is -0.384. The largest absolute Gasteiger partial charge is 0.478 e. The minimum Gasteiger partial charge on any atom is -0.478 e. The van der Waals surface area contributed by atoms with Gasteiger partial charge in [0, 0.05) is 18.2 Å². The van der Waals surface area contributed by atoms with Crippen molar-refractivity contribution in [3.63, 3.8) is 0 Å². The van der Waals surface area contributed by atoms with Crippen LogP contribution in [-0.4, -0.2) is 26.1 Å². The van der Waals surface area contributed by atoms with Crippen molar-refractivity contribution in [1.82, 2.24) is 10.1 Å². The second-order valence-electron chi connectivity index (χ2n) is 6.80. The smallest absolute Gasteiger partial charge is 0.439 e. The summed E-state index contributed by atoms with van der Waals surface area (Å²) in [6, 6.07) is 18.6. The standard InChI is InChI=1S/C22H16N4O6/c27-21(28)17-6-3-7-18(26(30)31)19(17)23-12-13-8-10-14(11-9-13)15-4-1-2-5-16(15)20-24-22(29)32-25-20/h1-11,23H,12H2,(H,27,28)(H,24,25,29). The SMILES string of the molecule is O=C(O)c1cccc([N+](=O)[O-])c1NCc1ccc(-c2ccccc2-c2noc(=O)[nH]2)cc1. The summed E-state index contributed by atoms with van der Waals surface area (Å²) in [7, 11) is 0. The van der Waals surface area contributed by atoms with Crippen molar-refractivity contribution in [2.45, 2.75) is 6.54 Å². The number of benzene rings is 3. The molecule has 0 aliphatic heterocycles. The lowest BCUT2D eigenvalue weighted by Crippen LogP contribution is -2.09. The van der Waals surface area contributed by atoms with Crippen molar-refractivity contribution in [1.29, 1.82) is 0 Å². The maximum absolute atomic E-state index is 11.5. The molecule has 4 rings (SSSR count). The predicted octanol–water partition coefficient (Wildman–Crippen LogP) is 3.92. The van der Waals surface area contributed by atoms with Gasteiger partial charge in [0.1, 0.15) is 5.69 Å². The van der Waals surface area contributed by atoms with Gasteiger partial charge in [-0.1, -0.05) is 59.8 Å². The van der Waals surface area contributed by atoms with Gasteiger partial charge in [0.25, 0.3) is 5.69 Å². The van der Waals surface area contributed by atoms with E-state index in [-0.39, 0.29) is 23.5 Å². The van der Waals surface area contributed by atoms with Crippen molar-refractivity contribution in [3.05, 3.63) is 98.5 Å². The molecule has 0 spiro atoms. The van der Waals surface area contributed by atoms with Gasteiger partial charge in [-0.15, -0.1) is 0 Å². The number of hydrogen-bond donors (Lipinski definition) is 3. The number of para-hydroxylation sites is 1. The van der Waals surface area contributed by atoms with Crippen LogP contribution < -0.4 is 11.1 Å². The minimum atomic E-state index is -1.26. The number of hydrogen-bond acceptors (Lipinski definition) is 7. The normalized spacial score (nSPS) is 10.6. The molecule has 1 heterocycles. The summed E-state index contributed by atoms with van der Waals surface area (Å²) in [4.78, 5) is 36.0. The van der Waals surface area contributed by atoms with E-state index >= 15 is 0 Å². The van der Waals surface area contributed by atoms with Gasteiger partial charge in [0.2, 0.25) is 0 Å². The third-order valence-corrected chi connectivity index (χ3v) is 4.83. The van der Waals surface area contributed by atoms with E-state index in [2.05, 4.69) is 20.0 Å². The molecular formula is C22H16N4O6. The molecule has 160 valence electrons. The zero-order chi connectivity index (χ0) is 22.7. The van der Waals surface area contributed by atoms with Crippen LogP contribution in [0.1, 0.15) is 15.9 Å². The molecule has 3 N–H and O–H groups in total. The van der Waals surface area contributed by atoms with E-state index in [1.54, 1.807) is 6.07 Å². The van der Waals surface area contributed by atoms with E-state index in [1.807, 2.05) is 42.5 Å². The predicted molar refractivity (Wildman–Crippen MR) is 115 cm³/mol. The third kappa shape index (κ3) is 4.10. The van der Waals surface area contributed by atoms with Crippen LogP contribution in [-0.2, 0) is 6.54 Å². The average Bonchev–Trinajstić information content (AvgIpc) is 3.23. The highest BCUT2D eigenvalue weighted by molar-refractivity contribution is 5.96. The number of nitrogens with zero attached hydrogens (tertiary/aromatic N) is 2. The summed E-state index contributed by atoms with van der Waals surface area (Å²) in [6.45, 7) is 0.184. The number of aromatic amines is 1. The lowest BCUT2D eigenvalue weighted by atomic mass is 9.98. The van der Waals surface area contributed by atoms with Gasteiger partial charge in [0.15, 0.2) is 5.82 Å². The fourth-order valence-corrected chi connectivity index (χ4v) is 3.34. The van der Waals surface area contributed by atoms with Gasteiger partial charge in [-0.2, -0.15) is 0 Å². The van der Waals surface area contributed by atoms with E-state index in [0.29, 0.717) is 11.4 Å². The monoisotopic (exact) mass is 432 g/mol. The van der Waals surface area contributed by atoms with Crippen LogP contribution in [0.3, 0.4) is 0 Å². The number of aromatic nitrogens is 2. The first kappa shape index (κ1) is 20.5. The molecule has 10 heteroatoms. The number of rotatable bonds is 7. The summed E-state index contributed by atoms with van der Waals surface area (Å²) < 4.78 is 4.60. The van der Waals surface area contributed by atoms with Crippen molar-refractivity contribution in [3.8, 4) is 22.5 Å². The van der Waals surface area contributed by atoms with Crippen LogP contribution in [0.5, 0.6) is 0 Å². The van der Waals surface area contributed by atoms with E-state index < -0.39 is 16.6 Å². The fourth-order valence-electron chi connectivity index (χ4n) is 3.34. The highest BCUT2D eigenvalue weighted by Crippen LogP contribution is 2.31. The van der Waals surface area contributed by atoms with Crippen LogP contribution in [0.4, 0.5) is 11.4 Å². The molecule has 10 nitrogen and oxygen atoms in total. The Morgan fingerprint density at radius 2 is 1.78 bits per heavy atom. The maximum atomic E-state index is 11.5. The van der Waals surface area contributed by atoms with Crippen molar-refractivity contribution in [2.24, 2.45) is 0 Å². The summed E-state index contributed by atoms with van der Waals surface area (Å²) in [5, 5.41) is 27.3. The Balaban J connectivity index is 1.59. The molecule has 0 bridgehead atoms. The number of H-pyrrole nitrogens is 1. The van der Waals surface area contributed by atoms with Crippen molar-refractivity contribution >= 4 is 17.3 Å². The van der Waals surface area contributed by atoms with E-state index in [0.717, 1.165) is 16.7 Å². The Morgan fingerprint density at radius 1 is 1.06 bits per heavy atom.